The lowest BCUT2D eigenvalue weighted by atomic mass is 10.1. The van der Waals surface area contributed by atoms with Gasteiger partial charge in [-0.1, -0.05) is 18.2 Å². The zero-order chi connectivity index (χ0) is 18.8. The summed E-state index contributed by atoms with van der Waals surface area (Å²) in [6.45, 7) is 1.92. The van der Waals surface area contributed by atoms with Crippen molar-refractivity contribution < 1.29 is 14.3 Å². The van der Waals surface area contributed by atoms with Crippen LogP contribution in [0.3, 0.4) is 0 Å². The summed E-state index contributed by atoms with van der Waals surface area (Å²) in [5.41, 5.74) is 2.44. The van der Waals surface area contributed by atoms with E-state index in [-0.39, 0.29) is 11.9 Å². The van der Waals surface area contributed by atoms with Crippen LogP contribution in [0, 0.1) is 0 Å². The number of aryl methyl sites for hydroxylation is 1. The third-order valence-electron chi connectivity index (χ3n) is 4.51. The van der Waals surface area contributed by atoms with E-state index < -0.39 is 0 Å². The number of benzene rings is 2. The van der Waals surface area contributed by atoms with E-state index >= 15 is 0 Å². The highest BCUT2D eigenvalue weighted by Crippen LogP contribution is 2.32. The predicted molar refractivity (Wildman–Crippen MR) is 106 cm³/mol. The van der Waals surface area contributed by atoms with Gasteiger partial charge in [0, 0.05) is 23.5 Å². The van der Waals surface area contributed by atoms with Gasteiger partial charge in [0.2, 0.25) is 0 Å². The van der Waals surface area contributed by atoms with Gasteiger partial charge in [0.25, 0.3) is 5.91 Å². The van der Waals surface area contributed by atoms with Gasteiger partial charge in [0.1, 0.15) is 17.2 Å². The number of ether oxygens (including phenoxy) is 2. The Morgan fingerprint density at radius 3 is 2.54 bits per heavy atom. The molecule has 1 N–H and O–H groups in total. The van der Waals surface area contributed by atoms with Crippen molar-refractivity contribution in [1.29, 1.82) is 0 Å². The Kier molecular flexibility index (Phi) is 5.23. The predicted octanol–water partition coefficient (Wildman–Crippen LogP) is 4.45. The molecule has 0 spiro atoms. The Morgan fingerprint density at radius 2 is 1.88 bits per heavy atom. The van der Waals surface area contributed by atoms with Crippen molar-refractivity contribution in [3.05, 3.63) is 58.2 Å². The summed E-state index contributed by atoms with van der Waals surface area (Å²) in [6.07, 6.45) is 0. The van der Waals surface area contributed by atoms with Gasteiger partial charge in [-0.2, -0.15) is 0 Å². The molecule has 0 bridgehead atoms. The summed E-state index contributed by atoms with van der Waals surface area (Å²) in [5.74, 6) is 1.26. The minimum absolute atomic E-state index is 0.159. The summed E-state index contributed by atoms with van der Waals surface area (Å²) < 4.78 is 13.4. The second kappa shape index (κ2) is 7.41. The van der Waals surface area contributed by atoms with Crippen molar-refractivity contribution in [3.8, 4) is 11.5 Å². The molecule has 0 aliphatic rings. The molecular formula is C20H21BrN2O3. The Balaban J connectivity index is 1.94. The van der Waals surface area contributed by atoms with Crippen molar-refractivity contribution in [2.45, 2.75) is 13.0 Å². The van der Waals surface area contributed by atoms with Gasteiger partial charge < -0.3 is 19.4 Å². The molecule has 136 valence electrons. The summed E-state index contributed by atoms with van der Waals surface area (Å²) in [5, 5.41) is 4.06. The number of halogens is 1. The van der Waals surface area contributed by atoms with Crippen molar-refractivity contribution in [3.63, 3.8) is 0 Å². The van der Waals surface area contributed by atoms with Crippen LogP contribution in [0.1, 0.15) is 29.0 Å². The molecule has 1 aromatic heterocycles. The van der Waals surface area contributed by atoms with E-state index in [0.717, 1.165) is 20.9 Å². The normalized spacial score (nSPS) is 12.0. The molecule has 0 aliphatic carbocycles. The molecule has 1 amide bonds. The van der Waals surface area contributed by atoms with Crippen LogP contribution in [0.2, 0.25) is 0 Å². The van der Waals surface area contributed by atoms with Gasteiger partial charge in [0.05, 0.1) is 24.7 Å². The maximum Gasteiger partial charge on any atom is 0.269 e. The van der Waals surface area contributed by atoms with Crippen LogP contribution >= 0.6 is 15.9 Å². The molecule has 2 aromatic carbocycles. The third-order valence-corrected chi connectivity index (χ3v) is 5.31. The van der Waals surface area contributed by atoms with Crippen LogP contribution in [0.5, 0.6) is 11.5 Å². The first-order valence-electron chi connectivity index (χ1n) is 8.23. The molecule has 0 radical (unpaired) electrons. The maximum absolute atomic E-state index is 13.0. The van der Waals surface area contributed by atoms with Gasteiger partial charge >= 0.3 is 0 Å². The number of methoxy groups -OCH3 is 2. The molecular weight excluding hydrogens is 396 g/mol. The summed E-state index contributed by atoms with van der Waals surface area (Å²) >= 11 is 3.57. The van der Waals surface area contributed by atoms with Crippen molar-refractivity contribution >= 4 is 32.7 Å². The molecule has 0 fully saturated rings. The summed E-state index contributed by atoms with van der Waals surface area (Å²) in [7, 11) is 5.11. The van der Waals surface area contributed by atoms with E-state index in [2.05, 4.69) is 21.2 Å². The first kappa shape index (κ1) is 18.3. The first-order valence-corrected chi connectivity index (χ1v) is 9.03. The number of hydrogen-bond donors (Lipinski definition) is 1. The topological polar surface area (TPSA) is 52.5 Å². The minimum atomic E-state index is -0.252. The minimum Gasteiger partial charge on any atom is -0.497 e. The Labute approximate surface area is 161 Å². The molecule has 3 aromatic rings. The lowest BCUT2D eigenvalue weighted by Gasteiger charge is -2.18. The van der Waals surface area contributed by atoms with Gasteiger partial charge in [-0.15, -0.1) is 0 Å². The zero-order valence-electron chi connectivity index (χ0n) is 15.2. The second-order valence-corrected chi connectivity index (χ2v) is 6.83. The number of carbonyl (C=O) groups excluding carboxylic acids is 1. The molecule has 3 rings (SSSR count). The number of amides is 1. The van der Waals surface area contributed by atoms with Gasteiger partial charge in [-0.3, -0.25) is 4.79 Å². The molecule has 1 heterocycles. The number of aromatic nitrogens is 1. The molecule has 0 saturated heterocycles. The maximum atomic E-state index is 13.0. The van der Waals surface area contributed by atoms with Crippen LogP contribution in [-0.4, -0.2) is 24.7 Å². The number of fused-ring (bicyclic) bond motifs is 1. The van der Waals surface area contributed by atoms with Crippen LogP contribution in [-0.2, 0) is 7.05 Å². The highest BCUT2D eigenvalue weighted by atomic mass is 79.9. The fraction of sp³-hybridized carbons (Fsp3) is 0.250. The quantitative estimate of drug-likeness (QED) is 0.668. The zero-order valence-corrected chi connectivity index (χ0v) is 16.8. The van der Waals surface area contributed by atoms with Gasteiger partial charge in [0.15, 0.2) is 0 Å². The van der Waals surface area contributed by atoms with Gasteiger partial charge in [-0.25, -0.2) is 0 Å². The monoisotopic (exact) mass is 416 g/mol. The van der Waals surface area contributed by atoms with E-state index in [1.54, 1.807) is 14.2 Å². The highest BCUT2D eigenvalue weighted by Gasteiger charge is 2.22. The Morgan fingerprint density at radius 1 is 1.15 bits per heavy atom. The van der Waals surface area contributed by atoms with Crippen molar-refractivity contribution in [2.24, 2.45) is 7.05 Å². The fourth-order valence-electron chi connectivity index (χ4n) is 3.12. The molecule has 6 heteroatoms. The first-order chi connectivity index (χ1) is 12.5. The van der Waals surface area contributed by atoms with E-state index in [9.17, 15) is 4.79 Å². The largest absolute Gasteiger partial charge is 0.497 e. The molecule has 1 atom stereocenters. The second-order valence-electron chi connectivity index (χ2n) is 6.04. The SMILES string of the molecule is COc1ccc(OC)c([C@@H](C)NC(=O)c2c(Br)c3ccccc3n2C)c1. The summed E-state index contributed by atoms with van der Waals surface area (Å²) in [4.78, 5) is 13.0. The Bertz CT molecular complexity index is 926. The van der Waals surface area contributed by atoms with Crippen molar-refractivity contribution in [1.82, 2.24) is 9.88 Å². The summed E-state index contributed by atoms with van der Waals surface area (Å²) in [6, 6.07) is 13.2. The van der Waals surface area contributed by atoms with E-state index in [0.29, 0.717) is 17.2 Å². The smallest absolute Gasteiger partial charge is 0.269 e. The lowest BCUT2D eigenvalue weighted by molar-refractivity contribution is 0.0931. The van der Waals surface area contributed by atoms with Crippen LogP contribution < -0.4 is 14.8 Å². The molecule has 5 nitrogen and oxygen atoms in total. The third kappa shape index (κ3) is 3.17. The van der Waals surface area contributed by atoms with Crippen LogP contribution in [0.15, 0.2) is 46.9 Å². The van der Waals surface area contributed by atoms with Crippen LogP contribution in [0.25, 0.3) is 10.9 Å². The number of rotatable bonds is 5. The highest BCUT2D eigenvalue weighted by molar-refractivity contribution is 9.10. The average molecular weight is 417 g/mol. The molecule has 26 heavy (non-hydrogen) atoms. The van der Waals surface area contributed by atoms with Gasteiger partial charge in [-0.05, 0) is 47.1 Å². The number of carbonyl (C=O) groups is 1. The standard InChI is InChI=1S/C20H21BrN2O3/c1-12(15-11-13(25-3)9-10-17(15)26-4)22-20(24)19-18(21)14-7-5-6-8-16(14)23(19)2/h5-12H,1-4H3,(H,22,24)/t12-/m1/s1. The lowest BCUT2D eigenvalue weighted by Crippen LogP contribution is -2.28. The average Bonchev–Trinajstić information content (AvgIpc) is 2.92. The Hall–Kier alpha value is -2.47. The van der Waals surface area contributed by atoms with Crippen LogP contribution in [0.4, 0.5) is 0 Å². The van der Waals surface area contributed by atoms with Crippen molar-refractivity contribution in [2.75, 3.05) is 14.2 Å². The number of para-hydroxylation sites is 1. The molecule has 0 saturated carbocycles. The van der Waals surface area contributed by atoms with E-state index in [1.165, 1.54) is 0 Å². The number of nitrogens with zero attached hydrogens (tertiary/aromatic N) is 1. The fourth-order valence-corrected chi connectivity index (χ4v) is 3.90. The number of hydrogen-bond acceptors (Lipinski definition) is 3. The van der Waals surface area contributed by atoms with E-state index in [4.69, 9.17) is 9.47 Å². The number of nitrogens with one attached hydrogen (secondary N) is 1. The van der Waals surface area contributed by atoms with E-state index in [1.807, 2.05) is 61.0 Å². The molecule has 0 unspecified atom stereocenters. The molecule has 0 aliphatic heterocycles.